The van der Waals surface area contributed by atoms with E-state index in [0.29, 0.717) is 0 Å². The van der Waals surface area contributed by atoms with Gasteiger partial charge in [-0.3, -0.25) is 0 Å². The van der Waals surface area contributed by atoms with E-state index >= 15 is 0 Å². The van der Waals surface area contributed by atoms with Gasteiger partial charge in [0, 0.05) is 0 Å². The molecule has 1 aromatic rings. The molecular weight excluding hydrogens is 168 g/mol. The van der Waals surface area contributed by atoms with Gasteiger partial charge in [0.2, 0.25) is 0 Å². The van der Waals surface area contributed by atoms with Crippen LogP contribution in [0.25, 0.3) is 5.57 Å². The minimum atomic E-state index is 0.785. The minimum absolute atomic E-state index is 0.785. The molecule has 14 heavy (non-hydrogen) atoms. The fraction of sp³-hybridized carbons (Fsp3) is 0.286. The first-order chi connectivity index (χ1) is 6.86. The van der Waals surface area contributed by atoms with Crippen molar-refractivity contribution in [2.24, 2.45) is 5.92 Å². The average Bonchev–Trinajstić information content (AvgIpc) is 2.44. The Morgan fingerprint density at radius 2 is 1.86 bits per heavy atom. The summed E-state index contributed by atoms with van der Waals surface area (Å²) in [6.45, 7) is 2.30. The molecule has 0 spiro atoms. The highest BCUT2D eigenvalue weighted by atomic mass is 14.1. The van der Waals surface area contributed by atoms with Crippen LogP contribution in [0.2, 0.25) is 0 Å². The summed E-state index contributed by atoms with van der Waals surface area (Å²) in [6, 6.07) is 10.6. The van der Waals surface area contributed by atoms with Crippen molar-refractivity contribution in [2.75, 3.05) is 0 Å². The van der Waals surface area contributed by atoms with Crippen LogP contribution in [0.3, 0.4) is 0 Å². The third kappa shape index (κ3) is 2.14. The lowest BCUT2D eigenvalue weighted by atomic mass is 10.0. The molecule has 0 aliphatic heterocycles. The van der Waals surface area contributed by atoms with Crippen molar-refractivity contribution in [2.45, 2.75) is 19.8 Å². The van der Waals surface area contributed by atoms with Crippen molar-refractivity contribution in [3.8, 4) is 0 Å². The summed E-state index contributed by atoms with van der Waals surface area (Å²) in [6.07, 6.45) is 9.28. The Bertz CT molecular complexity index is 344. The molecule has 0 amide bonds. The second kappa shape index (κ2) is 4.28. The summed E-state index contributed by atoms with van der Waals surface area (Å²) in [5.41, 5.74) is 2.70. The van der Waals surface area contributed by atoms with Crippen molar-refractivity contribution < 1.29 is 0 Å². The molecule has 1 aliphatic rings. The van der Waals surface area contributed by atoms with Gasteiger partial charge in [-0.1, -0.05) is 55.5 Å². The summed E-state index contributed by atoms with van der Waals surface area (Å²) in [7, 11) is 0. The summed E-state index contributed by atoms with van der Waals surface area (Å²) in [5.74, 6) is 0.785. The van der Waals surface area contributed by atoms with E-state index in [9.17, 15) is 0 Å². The fourth-order valence-corrected chi connectivity index (χ4v) is 1.76. The Balaban J connectivity index is 2.26. The van der Waals surface area contributed by atoms with Crippen LogP contribution >= 0.6 is 0 Å². The van der Waals surface area contributed by atoms with Gasteiger partial charge in [0.05, 0.1) is 0 Å². The topological polar surface area (TPSA) is 0 Å². The van der Waals surface area contributed by atoms with E-state index in [0.717, 1.165) is 5.92 Å². The zero-order chi connectivity index (χ0) is 9.80. The number of allylic oxidation sites excluding steroid dienone is 4. The highest BCUT2D eigenvalue weighted by Gasteiger charge is 2.04. The fourth-order valence-electron chi connectivity index (χ4n) is 1.76. The lowest BCUT2D eigenvalue weighted by Gasteiger charge is -2.02. The molecule has 0 saturated heterocycles. The van der Waals surface area contributed by atoms with Gasteiger partial charge < -0.3 is 0 Å². The molecule has 1 aliphatic carbocycles. The molecule has 0 saturated carbocycles. The van der Waals surface area contributed by atoms with Gasteiger partial charge in [-0.2, -0.15) is 0 Å². The van der Waals surface area contributed by atoms with Crippen molar-refractivity contribution in [1.29, 1.82) is 0 Å². The van der Waals surface area contributed by atoms with Crippen LogP contribution in [0.4, 0.5) is 0 Å². The first-order valence-electron chi connectivity index (χ1n) is 5.28. The van der Waals surface area contributed by atoms with Gasteiger partial charge in [-0.15, -0.1) is 0 Å². The zero-order valence-electron chi connectivity index (χ0n) is 8.61. The Morgan fingerprint density at radius 3 is 2.64 bits per heavy atom. The van der Waals surface area contributed by atoms with Crippen LogP contribution in [0, 0.1) is 5.92 Å². The van der Waals surface area contributed by atoms with Gasteiger partial charge in [-0.05, 0) is 29.9 Å². The Kier molecular flexibility index (Phi) is 2.83. The maximum atomic E-state index is 2.35. The van der Waals surface area contributed by atoms with E-state index in [4.69, 9.17) is 0 Å². The standard InChI is InChI=1S/C14H16/c1-12-6-5-9-14(11-10-12)13-7-3-2-4-8-13/h2-5,7-9,11-12H,6,10H2,1H3. The first-order valence-corrected chi connectivity index (χ1v) is 5.28. The summed E-state index contributed by atoms with van der Waals surface area (Å²) in [4.78, 5) is 0. The van der Waals surface area contributed by atoms with Gasteiger partial charge in [0.1, 0.15) is 0 Å². The van der Waals surface area contributed by atoms with E-state index in [-0.39, 0.29) is 0 Å². The van der Waals surface area contributed by atoms with Crippen molar-refractivity contribution in [1.82, 2.24) is 0 Å². The minimum Gasteiger partial charge on any atom is -0.0837 e. The molecule has 0 heterocycles. The van der Waals surface area contributed by atoms with Gasteiger partial charge in [0.15, 0.2) is 0 Å². The largest absolute Gasteiger partial charge is 0.0837 e. The Labute approximate surface area is 86.0 Å². The molecule has 2 rings (SSSR count). The predicted octanol–water partition coefficient (Wildman–Crippen LogP) is 4.06. The van der Waals surface area contributed by atoms with Gasteiger partial charge in [0.25, 0.3) is 0 Å². The van der Waals surface area contributed by atoms with E-state index in [1.807, 2.05) is 0 Å². The summed E-state index contributed by atoms with van der Waals surface area (Å²) < 4.78 is 0. The van der Waals surface area contributed by atoms with Crippen LogP contribution in [-0.4, -0.2) is 0 Å². The number of hydrogen-bond acceptors (Lipinski definition) is 0. The molecule has 0 heteroatoms. The number of hydrogen-bond donors (Lipinski definition) is 0. The number of benzene rings is 1. The smallest absolute Gasteiger partial charge is 0.0187 e. The highest BCUT2D eigenvalue weighted by molar-refractivity contribution is 5.74. The molecule has 0 aromatic heterocycles. The second-order valence-electron chi connectivity index (χ2n) is 4.00. The van der Waals surface area contributed by atoms with E-state index in [2.05, 4.69) is 55.5 Å². The van der Waals surface area contributed by atoms with Crippen LogP contribution in [0.15, 0.2) is 48.6 Å². The summed E-state index contributed by atoms with van der Waals surface area (Å²) in [5, 5.41) is 0. The quantitative estimate of drug-likeness (QED) is 0.617. The third-order valence-corrected chi connectivity index (χ3v) is 2.68. The Hall–Kier alpha value is -1.30. The lowest BCUT2D eigenvalue weighted by molar-refractivity contribution is 0.607. The van der Waals surface area contributed by atoms with Crippen molar-refractivity contribution >= 4 is 5.57 Å². The zero-order valence-corrected chi connectivity index (χ0v) is 8.61. The van der Waals surface area contributed by atoms with Gasteiger partial charge >= 0.3 is 0 Å². The van der Waals surface area contributed by atoms with Crippen LogP contribution in [0.1, 0.15) is 25.3 Å². The molecule has 0 nitrogen and oxygen atoms in total. The van der Waals surface area contributed by atoms with E-state index < -0.39 is 0 Å². The SMILES string of the molecule is CC1CC=CC(c2ccccc2)=CC1. The van der Waals surface area contributed by atoms with Crippen LogP contribution in [0.5, 0.6) is 0 Å². The second-order valence-corrected chi connectivity index (χ2v) is 4.00. The maximum absolute atomic E-state index is 2.35. The van der Waals surface area contributed by atoms with Crippen molar-refractivity contribution in [3.63, 3.8) is 0 Å². The van der Waals surface area contributed by atoms with Gasteiger partial charge in [-0.25, -0.2) is 0 Å². The molecule has 1 atom stereocenters. The number of rotatable bonds is 1. The lowest BCUT2D eigenvalue weighted by Crippen LogP contribution is -1.87. The molecule has 1 unspecified atom stereocenters. The Morgan fingerprint density at radius 1 is 1.07 bits per heavy atom. The maximum Gasteiger partial charge on any atom is -0.0187 e. The predicted molar refractivity (Wildman–Crippen MR) is 62.0 cm³/mol. The van der Waals surface area contributed by atoms with E-state index in [1.54, 1.807) is 0 Å². The molecule has 1 aromatic carbocycles. The van der Waals surface area contributed by atoms with Crippen LogP contribution < -0.4 is 0 Å². The third-order valence-electron chi connectivity index (χ3n) is 2.68. The monoisotopic (exact) mass is 184 g/mol. The van der Waals surface area contributed by atoms with Crippen molar-refractivity contribution in [3.05, 3.63) is 54.1 Å². The molecule has 0 fully saturated rings. The molecule has 0 N–H and O–H groups in total. The first kappa shape index (κ1) is 9.26. The molecule has 0 radical (unpaired) electrons. The molecule has 0 bridgehead atoms. The summed E-state index contributed by atoms with van der Waals surface area (Å²) >= 11 is 0. The molecular formula is C14H16. The normalized spacial score (nSPS) is 21.5. The average molecular weight is 184 g/mol. The van der Waals surface area contributed by atoms with E-state index in [1.165, 1.54) is 24.0 Å². The highest BCUT2D eigenvalue weighted by Crippen LogP contribution is 2.23. The molecule has 72 valence electrons. The van der Waals surface area contributed by atoms with Crippen LogP contribution in [-0.2, 0) is 0 Å².